The lowest BCUT2D eigenvalue weighted by Crippen LogP contribution is -2.28. The monoisotopic (exact) mass is 337 g/mol. The van der Waals surface area contributed by atoms with Crippen LogP contribution in [0, 0.1) is 5.41 Å². The third kappa shape index (κ3) is 3.90. The molecule has 2 N–H and O–H groups in total. The van der Waals surface area contributed by atoms with Crippen molar-refractivity contribution in [2.24, 2.45) is 5.41 Å². The number of carbonyl (C=O) groups excluding carboxylic acids is 2. The van der Waals surface area contributed by atoms with Crippen molar-refractivity contribution in [2.75, 3.05) is 12.3 Å². The number of ether oxygens (including phenoxy) is 1. The van der Waals surface area contributed by atoms with Crippen molar-refractivity contribution < 1.29 is 14.3 Å². The second-order valence-corrected chi connectivity index (χ2v) is 6.97. The largest absolute Gasteiger partial charge is 0.457 e. The Morgan fingerprint density at radius 1 is 0.960 bits per heavy atom. The molecular formula is C21H23NO3. The molecule has 0 spiro atoms. The van der Waals surface area contributed by atoms with Crippen LogP contribution in [0.15, 0.2) is 48.5 Å². The normalized spacial score (nSPS) is 15.7. The van der Waals surface area contributed by atoms with Gasteiger partial charge in [0.05, 0.1) is 5.41 Å². The standard InChI is InChI=1S/C21H23NO3/c1-21(12-2-3-13-21)20(24)25-14-19(23)17-6-4-15(5-7-17)16-8-10-18(22)11-9-16/h4-11H,2-3,12-14,22H2,1H3. The van der Waals surface area contributed by atoms with E-state index in [9.17, 15) is 9.59 Å². The first kappa shape index (κ1) is 17.2. The minimum absolute atomic E-state index is 0.182. The topological polar surface area (TPSA) is 69.4 Å². The van der Waals surface area contributed by atoms with Gasteiger partial charge in [-0.15, -0.1) is 0 Å². The van der Waals surface area contributed by atoms with E-state index in [2.05, 4.69) is 0 Å². The fourth-order valence-electron chi connectivity index (χ4n) is 3.27. The minimum atomic E-state index is -0.417. The molecule has 0 unspecified atom stereocenters. The molecule has 0 aliphatic heterocycles. The molecule has 1 fully saturated rings. The molecule has 25 heavy (non-hydrogen) atoms. The average molecular weight is 337 g/mol. The maximum absolute atomic E-state index is 12.3. The molecule has 0 amide bonds. The molecular weight excluding hydrogens is 314 g/mol. The Balaban J connectivity index is 1.61. The first-order chi connectivity index (χ1) is 12.0. The third-order valence-electron chi connectivity index (χ3n) is 4.99. The maximum Gasteiger partial charge on any atom is 0.312 e. The summed E-state index contributed by atoms with van der Waals surface area (Å²) in [6.07, 6.45) is 3.78. The minimum Gasteiger partial charge on any atom is -0.457 e. The molecule has 0 bridgehead atoms. The van der Waals surface area contributed by atoms with Gasteiger partial charge in [0, 0.05) is 11.3 Å². The van der Waals surface area contributed by atoms with Crippen LogP contribution in [-0.2, 0) is 9.53 Å². The van der Waals surface area contributed by atoms with Crippen LogP contribution in [-0.4, -0.2) is 18.4 Å². The fourth-order valence-corrected chi connectivity index (χ4v) is 3.27. The molecule has 2 aromatic rings. The Labute approximate surface area is 148 Å². The Morgan fingerprint density at radius 2 is 1.48 bits per heavy atom. The molecule has 4 heteroatoms. The van der Waals surface area contributed by atoms with Gasteiger partial charge < -0.3 is 10.5 Å². The van der Waals surface area contributed by atoms with Gasteiger partial charge in [-0.05, 0) is 43.0 Å². The van der Waals surface area contributed by atoms with Crippen molar-refractivity contribution in [3.05, 3.63) is 54.1 Å². The van der Waals surface area contributed by atoms with Gasteiger partial charge in [0.1, 0.15) is 0 Å². The van der Waals surface area contributed by atoms with Crippen LogP contribution in [0.25, 0.3) is 11.1 Å². The van der Waals surface area contributed by atoms with Gasteiger partial charge in [0.2, 0.25) is 0 Å². The van der Waals surface area contributed by atoms with Crippen LogP contribution in [0.3, 0.4) is 0 Å². The number of ketones is 1. The van der Waals surface area contributed by atoms with E-state index in [1.165, 1.54) is 0 Å². The van der Waals surface area contributed by atoms with Gasteiger partial charge in [0.15, 0.2) is 12.4 Å². The summed E-state index contributed by atoms with van der Waals surface area (Å²) in [7, 11) is 0. The zero-order valence-corrected chi connectivity index (χ0v) is 14.5. The average Bonchev–Trinajstić information content (AvgIpc) is 3.08. The molecule has 1 aliphatic carbocycles. The summed E-state index contributed by atoms with van der Waals surface area (Å²) < 4.78 is 5.27. The van der Waals surface area contributed by atoms with E-state index in [1.54, 1.807) is 12.1 Å². The molecule has 130 valence electrons. The van der Waals surface area contributed by atoms with Gasteiger partial charge in [0.25, 0.3) is 0 Å². The van der Waals surface area contributed by atoms with Gasteiger partial charge in [-0.25, -0.2) is 0 Å². The quantitative estimate of drug-likeness (QED) is 0.503. The lowest BCUT2D eigenvalue weighted by Gasteiger charge is -2.20. The molecule has 0 aromatic heterocycles. The SMILES string of the molecule is CC1(C(=O)OCC(=O)c2ccc(-c3ccc(N)cc3)cc2)CCCC1. The van der Waals surface area contributed by atoms with Crippen molar-refractivity contribution in [2.45, 2.75) is 32.6 Å². The first-order valence-corrected chi connectivity index (χ1v) is 8.64. The predicted molar refractivity (Wildman–Crippen MR) is 98.2 cm³/mol. The fraction of sp³-hybridized carbons (Fsp3) is 0.333. The van der Waals surface area contributed by atoms with Crippen LogP contribution in [0.5, 0.6) is 0 Å². The van der Waals surface area contributed by atoms with E-state index in [0.29, 0.717) is 11.3 Å². The van der Waals surface area contributed by atoms with E-state index in [4.69, 9.17) is 10.5 Å². The summed E-state index contributed by atoms with van der Waals surface area (Å²) in [5.41, 5.74) is 8.58. The number of anilines is 1. The molecule has 3 rings (SSSR count). The zero-order valence-electron chi connectivity index (χ0n) is 14.5. The highest BCUT2D eigenvalue weighted by atomic mass is 16.5. The number of esters is 1. The number of rotatable bonds is 5. The lowest BCUT2D eigenvalue weighted by atomic mass is 9.89. The Hall–Kier alpha value is -2.62. The van der Waals surface area contributed by atoms with E-state index >= 15 is 0 Å². The van der Waals surface area contributed by atoms with E-state index < -0.39 is 5.41 Å². The number of Topliss-reactive ketones (excluding diaryl/α,β-unsaturated/α-hetero) is 1. The van der Waals surface area contributed by atoms with Gasteiger partial charge in [-0.2, -0.15) is 0 Å². The van der Waals surface area contributed by atoms with Crippen molar-refractivity contribution in [3.8, 4) is 11.1 Å². The molecule has 2 aromatic carbocycles. The zero-order chi connectivity index (χ0) is 17.9. The summed E-state index contributed by atoms with van der Waals surface area (Å²) in [6, 6.07) is 14.9. The number of hydrogen-bond donors (Lipinski definition) is 1. The molecule has 1 aliphatic rings. The highest BCUT2D eigenvalue weighted by Crippen LogP contribution is 2.38. The molecule has 1 saturated carbocycles. The van der Waals surface area contributed by atoms with E-state index in [-0.39, 0.29) is 18.4 Å². The highest BCUT2D eigenvalue weighted by Gasteiger charge is 2.37. The number of carbonyl (C=O) groups is 2. The van der Waals surface area contributed by atoms with Crippen molar-refractivity contribution in [1.82, 2.24) is 0 Å². The van der Waals surface area contributed by atoms with Gasteiger partial charge in [-0.3, -0.25) is 9.59 Å². The summed E-state index contributed by atoms with van der Waals surface area (Å²) in [5, 5.41) is 0. The van der Waals surface area contributed by atoms with Crippen LogP contribution in [0.2, 0.25) is 0 Å². The summed E-state index contributed by atoms with van der Waals surface area (Å²) in [6.45, 7) is 1.73. The Morgan fingerprint density at radius 3 is 2.04 bits per heavy atom. The second-order valence-electron chi connectivity index (χ2n) is 6.97. The van der Waals surface area contributed by atoms with Crippen molar-refractivity contribution in [3.63, 3.8) is 0 Å². The summed E-state index contributed by atoms with van der Waals surface area (Å²) in [4.78, 5) is 24.5. The summed E-state index contributed by atoms with van der Waals surface area (Å²) >= 11 is 0. The maximum atomic E-state index is 12.3. The molecule has 4 nitrogen and oxygen atoms in total. The van der Waals surface area contributed by atoms with Crippen LogP contribution in [0.4, 0.5) is 5.69 Å². The number of nitrogens with two attached hydrogens (primary N) is 1. The lowest BCUT2D eigenvalue weighted by molar-refractivity contribution is -0.153. The van der Waals surface area contributed by atoms with Crippen molar-refractivity contribution >= 4 is 17.4 Å². The predicted octanol–water partition coefficient (Wildman–Crippen LogP) is 4.24. The van der Waals surface area contributed by atoms with Crippen LogP contribution >= 0.6 is 0 Å². The summed E-state index contributed by atoms with van der Waals surface area (Å²) in [5.74, 6) is -0.435. The van der Waals surface area contributed by atoms with Crippen molar-refractivity contribution in [1.29, 1.82) is 0 Å². The Kier molecular flexibility index (Phi) is 4.88. The second kappa shape index (κ2) is 7.09. The first-order valence-electron chi connectivity index (χ1n) is 8.64. The molecule has 0 radical (unpaired) electrons. The number of hydrogen-bond acceptors (Lipinski definition) is 4. The van der Waals surface area contributed by atoms with E-state index in [1.807, 2.05) is 43.3 Å². The van der Waals surface area contributed by atoms with E-state index in [0.717, 1.165) is 36.8 Å². The van der Waals surface area contributed by atoms with Crippen LogP contribution < -0.4 is 5.73 Å². The smallest absolute Gasteiger partial charge is 0.312 e. The molecule has 0 heterocycles. The number of nitrogen functional groups attached to an aromatic ring is 1. The Bertz CT molecular complexity index is 757. The third-order valence-corrected chi connectivity index (χ3v) is 4.99. The number of benzene rings is 2. The molecule has 0 atom stereocenters. The van der Waals surface area contributed by atoms with Gasteiger partial charge in [-0.1, -0.05) is 49.2 Å². The highest BCUT2D eigenvalue weighted by molar-refractivity contribution is 5.98. The van der Waals surface area contributed by atoms with Crippen LogP contribution in [0.1, 0.15) is 43.0 Å². The van der Waals surface area contributed by atoms with Gasteiger partial charge >= 0.3 is 5.97 Å². The molecule has 0 saturated heterocycles.